The van der Waals surface area contributed by atoms with Crippen molar-refractivity contribution in [2.45, 2.75) is 24.6 Å². The van der Waals surface area contributed by atoms with Gasteiger partial charge in [0.2, 0.25) is 0 Å². The molecule has 0 saturated carbocycles. The van der Waals surface area contributed by atoms with Crippen LogP contribution in [0.3, 0.4) is 0 Å². The van der Waals surface area contributed by atoms with Crippen molar-refractivity contribution in [2.75, 3.05) is 30.9 Å². The summed E-state index contributed by atoms with van der Waals surface area (Å²) in [5, 5.41) is 3.94. The zero-order valence-electron chi connectivity index (χ0n) is 12.0. The maximum Gasteiger partial charge on any atom is 0.169 e. The van der Waals surface area contributed by atoms with Crippen molar-refractivity contribution >= 4 is 23.5 Å². The Kier molecular flexibility index (Phi) is 6.52. The van der Waals surface area contributed by atoms with Crippen LogP contribution in [-0.4, -0.2) is 36.2 Å². The second-order valence-electron chi connectivity index (χ2n) is 4.78. The van der Waals surface area contributed by atoms with Crippen molar-refractivity contribution in [1.82, 2.24) is 5.32 Å². The molecule has 1 fully saturated rings. The van der Waals surface area contributed by atoms with Gasteiger partial charge in [-0.1, -0.05) is 19.1 Å². The van der Waals surface area contributed by atoms with Crippen LogP contribution in [0.5, 0.6) is 5.75 Å². The molecule has 5 heteroatoms. The first-order chi connectivity index (χ1) is 9.77. The van der Waals surface area contributed by atoms with Crippen LogP contribution in [0.2, 0.25) is 0 Å². The smallest absolute Gasteiger partial charge is 0.169 e. The van der Waals surface area contributed by atoms with Crippen molar-refractivity contribution in [2.24, 2.45) is 0 Å². The summed E-state index contributed by atoms with van der Waals surface area (Å²) in [6.45, 7) is 3.04. The van der Waals surface area contributed by atoms with Gasteiger partial charge in [0.15, 0.2) is 11.6 Å². The predicted octanol–water partition coefficient (Wildman–Crippen LogP) is 3.72. The Morgan fingerprint density at radius 3 is 2.95 bits per heavy atom. The molecule has 1 N–H and O–H groups in total. The molecule has 0 radical (unpaired) electrons. The third kappa shape index (κ3) is 3.83. The minimum Gasteiger partial charge on any atom is -0.494 e. The maximum absolute atomic E-state index is 14.5. The van der Waals surface area contributed by atoms with Gasteiger partial charge in [-0.25, -0.2) is 4.39 Å². The Hall–Kier alpha value is -0.390. The van der Waals surface area contributed by atoms with Gasteiger partial charge >= 0.3 is 0 Å². The summed E-state index contributed by atoms with van der Waals surface area (Å²) >= 11 is 3.91. The summed E-state index contributed by atoms with van der Waals surface area (Å²) in [6, 6.07) is 5.49. The minimum atomic E-state index is -0.222. The van der Waals surface area contributed by atoms with E-state index in [0.717, 1.165) is 30.0 Å². The van der Waals surface area contributed by atoms with E-state index in [2.05, 4.69) is 12.2 Å². The first kappa shape index (κ1) is 16.0. The Balaban J connectivity index is 2.25. The normalized spacial score (nSPS) is 20.6. The monoisotopic (exact) mass is 315 g/mol. The fraction of sp³-hybridized carbons (Fsp3) is 0.600. The number of ether oxygens (including phenoxy) is 1. The molecule has 0 aliphatic carbocycles. The van der Waals surface area contributed by atoms with Crippen molar-refractivity contribution in [3.63, 3.8) is 0 Å². The lowest BCUT2D eigenvalue weighted by Gasteiger charge is -2.31. The molecule has 2 rings (SSSR count). The first-order valence-electron chi connectivity index (χ1n) is 7.03. The fourth-order valence-electron chi connectivity index (χ4n) is 2.37. The van der Waals surface area contributed by atoms with Crippen LogP contribution in [0.25, 0.3) is 0 Å². The van der Waals surface area contributed by atoms with Crippen molar-refractivity contribution in [3.05, 3.63) is 29.6 Å². The number of hydrogen-bond acceptors (Lipinski definition) is 4. The largest absolute Gasteiger partial charge is 0.494 e. The number of methoxy groups -OCH3 is 1. The molecular weight excluding hydrogens is 293 g/mol. The molecule has 2 nitrogen and oxygen atoms in total. The number of benzene rings is 1. The first-order valence-corrected chi connectivity index (χ1v) is 9.23. The number of halogens is 1. The van der Waals surface area contributed by atoms with E-state index in [1.54, 1.807) is 6.07 Å². The molecule has 1 saturated heterocycles. The van der Waals surface area contributed by atoms with Crippen LogP contribution in [0.1, 0.15) is 24.9 Å². The summed E-state index contributed by atoms with van der Waals surface area (Å²) in [5.74, 6) is 3.52. The zero-order chi connectivity index (χ0) is 14.4. The molecule has 1 aromatic rings. The van der Waals surface area contributed by atoms with Crippen LogP contribution in [0.4, 0.5) is 4.39 Å². The van der Waals surface area contributed by atoms with Crippen molar-refractivity contribution in [3.8, 4) is 5.75 Å². The molecular formula is C15H22FNOS2. The van der Waals surface area contributed by atoms with E-state index in [1.165, 1.54) is 12.9 Å². The van der Waals surface area contributed by atoms with Gasteiger partial charge in [0.25, 0.3) is 0 Å². The lowest BCUT2D eigenvalue weighted by molar-refractivity contribution is 0.379. The molecule has 0 spiro atoms. The number of nitrogens with one attached hydrogen (secondary N) is 1. The van der Waals surface area contributed by atoms with Gasteiger partial charge in [0.05, 0.1) is 7.11 Å². The van der Waals surface area contributed by atoms with E-state index in [1.807, 2.05) is 35.7 Å². The second kappa shape index (κ2) is 8.15. The SMILES string of the molecule is CCCNC(c1cccc(OC)c1F)C1CSCCS1. The molecule has 2 unspecified atom stereocenters. The highest BCUT2D eigenvalue weighted by Gasteiger charge is 2.28. The molecule has 1 aliphatic rings. The topological polar surface area (TPSA) is 21.3 Å². The van der Waals surface area contributed by atoms with Crippen LogP contribution in [0, 0.1) is 5.82 Å². The average Bonchev–Trinajstić information content (AvgIpc) is 2.50. The molecule has 0 amide bonds. The molecule has 112 valence electrons. The summed E-state index contributed by atoms with van der Waals surface area (Å²) in [5.41, 5.74) is 0.734. The Morgan fingerprint density at radius 2 is 2.30 bits per heavy atom. The third-order valence-corrected chi connectivity index (χ3v) is 6.24. The summed E-state index contributed by atoms with van der Waals surface area (Å²) < 4.78 is 19.6. The second-order valence-corrected chi connectivity index (χ2v) is 7.28. The minimum absolute atomic E-state index is 0.0582. The molecule has 1 aromatic carbocycles. The summed E-state index contributed by atoms with van der Waals surface area (Å²) in [6.07, 6.45) is 1.05. The fourth-order valence-corrected chi connectivity index (χ4v) is 5.22. The molecule has 1 heterocycles. The predicted molar refractivity (Wildman–Crippen MR) is 87.6 cm³/mol. The van der Waals surface area contributed by atoms with E-state index >= 15 is 0 Å². The highest BCUT2D eigenvalue weighted by atomic mass is 32.2. The number of thioether (sulfide) groups is 2. The zero-order valence-corrected chi connectivity index (χ0v) is 13.7. The van der Waals surface area contributed by atoms with E-state index in [9.17, 15) is 4.39 Å². The number of rotatable bonds is 6. The molecule has 1 aliphatic heterocycles. The summed E-state index contributed by atoms with van der Waals surface area (Å²) in [7, 11) is 1.52. The van der Waals surface area contributed by atoms with Crippen LogP contribution in [0.15, 0.2) is 18.2 Å². The van der Waals surface area contributed by atoms with E-state index in [-0.39, 0.29) is 11.9 Å². The van der Waals surface area contributed by atoms with Crippen LogP contribution in [-0.2, 0) is 0 Å². The maximum atomic E-state index is 14.5. The molecule has 2 atom stereocenters. The van der Waals surface area contributed by atoms with Gasteiger partial charge in [0, 0.05) is 34.1 Å². The highest BCUT2D eigenvalue weighted by Crippen LogP contribution is 2.36. The van der Waals surface area contributed by atoms with E-state index in [0.29, 0.717) is 11.0 Å². The average molecular weight is 315 g/mol. The highest BCUT2D eigenvalue weighted by molar-refractivity contribution is 8.06. The van der Waals surface area contributed by atoms with Gasteiger partial charge < -0.3 is 10.1 Å². The van der Waals surface area contributed by atoms with E-state index in [4.69, 9.17) is 4.74 Å². The quantitative estimate of drug-likeness (QED) is 0.863. The van der Waals surface area contributed by atoms with E-state index < -0.39 is 0 Å². The summed E-state index contributed by atoms with van der Waals surface area (Å²) in [4.78, 5) is 0. The van der Waals surface area contributed by atoms with Gasteiger partial charge in [-0.15, -0.1) is 0 Å². The van der Waals surface area contributed by atoms with Gasteiger partial charge in [-0.05, 0) is 19.0 Å². The Labute approximate surface area is 129 Å². The van der Waals surface area contributed by atoms with Crippen LogP contribution >= 0.6 is 23.5 Å². The molecule has 20 heavy (non-hydrogen) atoms. The Morgan fingerprint density at radius 1 is 1.45 bits per heavy atom. The van der Waals surface area contributed by atoms with Gasteiger partial charge in [-0.3, -0.25) is 0 Å². The Bertz CT molecular complexity index is 424. The lowest BCUT2D eigenvalue weighted by Crippen LogP contribution is -2.34. The number of hydrogen-bond donors (Lipinski definition) is 1. The molecule has 0 bridgehead atoms. The molecule has 0 aromatic heterocycles. The lowest BCUT2D eigenvalue weighted by atomic mass is 10.0. The standard InChI is InChI=1S/C15H22FNOS2/c1-3-7-17-15(13-10-19-8-9-20-13)11-5-4-6-12(18-2)14(11)16/h4-6,13,15,17H,3,7-10H2,1-2H3. The van der Waals surface area contributed by atoms with Crippen molar-refractivity contribution in [1.29, 1.82) is 0 Å². The van der Waals surface area contributed by atoms with Gasteiger partial charge in [0.1, 0.15) is 0 Å². The van der Waals surface area contributed by atoms with Crippen LogP contribution < -0.4 is 10.1 Å². The van der Waals surface area contributed by atoms with Crippen molar-refractivity contribution < 1.29 is 9.13 Å². The third-order valence-electron chi connectivity index (χ3n) is 3.38. The van der Waals surface area contributed by atoms with Gasteiger partial charge in [-0.2, -0.15) is 23.5 Å².